The zero-order valence-corrected chi connectivity index (χ0v) is 17.0. The van der Waals surface area contributed by atoms with Crippen LogP contribution in [-0.2, 0) is 32.4 Å². The Morgan fingerprint density at radius 3 is 2.52 bits per heavy atom. The number of carbonyl (C=O) groups is 2. The van der Waals surface area contributed by atoms with Crippen LogP contribution in [0.15, 0.2) is 54.6 Å². The van der Waals surface area contributed by atoms with Gasteiger partial charge >= 0.3 is 6.09 Å². The van der Waals surface area contributed by atoms with Crippen molar-refractivity contribution in [2.45, 2.75) is 25.5 Å². The van der Waals surface area contributed by atoms with E-state index in [0.29, 0.717) is 6.54 Å². The first kappa shape index (κ1) is 20.9. The van der Waals surface area contributed by atoms with Crippen molar-refractivity contribution in [2.75, 3.05) is 23.5 Å². The maximum Gasteiger partial charge on any atom is 0.408 e. The Kier molecular flexibility index (Phi) is 6.53. The van der Waals surface area contributed by atoms with Gasteiger partial charge < -0.3 is 15.0 Å². The van der Waals surface area contributed by atoms with E-state index in [1.165, 1.54) is 0 Å². The highest BCUT2D eigenvalue weighted by molar-refractivity contribution is 7.90. The Hall–Kier alpha value is -2.87. The number of hydrogen-bond donors (Lipinski definition) is 1. The number of nitrogens with zero attached hydrogens (tertiary/aromatic N) is 1. The molecular formula is C21H24N2O5S. The molecule has 29 heavy (non-hydrogen) atoms. The van der Waals surface area contributed by atoms with Crippen LogP contribution in [0.4, 0.5) is 10.5 Å². The van der Waals surface area contributed by atoms with E-state index in [0.717, 1.165) is 29.5 Å². The molecule has 8 heteroatoms. The Balaban J connectivity index is 1.68. The van der Waals surface area contributed by atoms with Gasteiger partial charge in [-0.3, -0.25) is 4.79 Å². The highest BCUT2D eigenvalue weighted by atomic mass is 32.2. The smallest absolute Gasteiger partial charge is 0.408 e. The summed E-state index contributed by atoms with van der Waals surface area (Å²) in [4.78, 5) is 27.0. The molecule has 0 spiro atoms. The van der Waals surface area contributed by atoms with Crippen LogP contribution >= 0.6 is 0 Å². The monoisotopic (exact) mass is 416 g/mol. The summed E-state index contributed by atoms with van der Waals surface area (Å²) in [7, 11) is -3.29. The maximum atomic E-state index is 13.1. The number of nitrogens with one attached hydrogen (secondary N) is 1. The van der Waals surface area contributed by atoms with Crippen molar-refractivity contribution in [1.82, 2.24) is 5.32 Å². The standard InChI is InChI=1S/C21H24N2O5S/c1-29(26,27)14-12-18(22-21(25)28-15-16-7-3-2-4-8-16)20(24)23-13-11-17-9-5-6-10-19(17)23/h2-10,18H,11-15H2,1H3,(H,22,25). The quantitative estimate of drug-likeness (QED) is 0.748. The number of alkyl carbamates (subject to hydrolysis) is 1. The summed E-state index contributed by atoms with van der Waals surface area (Å²) in [5.41, 5.74) is 2.66. The van der Waals surface area contributed by atoms with Crippen molar-refractivity contribution in [2.24, 2.45) is 0 Å². The lowest BCUT2D eigenvalue weighted by Crippen LogP contribution is -2.49. The molecule has 1 aliphatic rings. The predicted octanol–water partition coefficient (Wildman–Crippen LogP) is 2.31. The van der Waals surface area contributed by atoms with Gasteiger partial charge in [-0.2, -0.15) is 0 Å². The molecule has 0 fully saturated rings. The zero-order valence-electron chi connectivity index (χ0n) is 16.2. The molecule has 154 valence electrons. The fourth-order valence-corrected chi connectivity index (χ4v) is 3.92. The van der Waals surface area contributed by atoms with E-state index in [9.17, 15) is 18.0 Å². The molecule has 0 aromatic heterocycles. The number of hydrogen-bond acceptors (Lipinski definition) is 5. The molecule has 2 aromatic carbocycles. The van der Waals surface area contributed by atoms with Gasteiger partial charge in [0.25, 0.3) is 0 Å². The number of carbonyl (C=O) groups excluding carboxylic acids is 2. The zero-order chi connectivity index (χ0) is 20.9. The second-order valence-corrected chi connectivity index (χ2v) is 9.31. The van der Waals surface area contributed by atoms with Gasteiger partial charge in [0.15, 0.2) is 0 Å². The van der Waals surface area contributed by atoms with Crippen LogP contribution in [0.1, 0.15) is 17.5 Å². The second kappa shape index (κ2) is 9.09. The normalized spacial score (nSPS) is 14.2. The molecule has 3 rings (SSSR count). The number of ether oxygens (including phenoxy) is 1. The molecule has 1 aliphatic heterocycles. The summed E-state index contributed by atoms with van der Waals surface area (Å²) in [6.45, 7) is 0.556. The lowest BCUT2D eigenvalue weighted by Gasteiger charge is -2.24. The predicted molar refractivity (Wildman–Crippen MR) is 110 cm³/mol. The van der Waals surface area contributed by atoms with Gasteiger partial charge in [-0.05, 0) is 30.0 Å². The van der Waals surface area contributed by atoms with Gasteiger partial charge in [0, 0.05) is 18.5 Å². The Bertz CT molecular complexity index is 976. The van der Waals surface area contributed by atoms with Crippen molar-refractivity contribution in [1.29, 1.82) is 0 Å². The Labute approximate surface area is 170 Å². The summed E-state index contributed by atoms with van der Waals surface area (Å²) in [5.74, 6) is -0.548. The van der Waals surface area contributed by atoms with E-state index >= 15 is 0 Å². The van der Waals surface area contributed by atoms with E-state index in [4.69, 9.17) is 4.74 Å². The van der Waals surface area contributed by atoms with Crippen molar-refractivity contribution in [3.05, 3.63) is 65.7 Å². The molecule has 2 amide bonds. The fraction of sp³-hybridized carbons (Fsp3) is 0.333. The summed E-state index contributed by atoms with van der Waals surface area (Å²) < 4.78 is 28.4. The van der Waals surface area contributed by atoms with E-state index in [-0.39, 0.29) is 24.7 Å². The van der Waals surface area contributed by atoms with Gasteiger partial charge in [0.2, 0.25) is 5.91 Å². The van der Waals surface area contributed by atoms with Gasteiger partial charge in [0.05, 0.1) is 5.75 Å². The van der Waals surface area contributed by atoms with Gasteiger partial charge in [-0.15, -0.1) is 0 Å². The average molecular weight is 416 g/mol. The molecule has 1 heterocycles. The van der Waals surface area contributed by atoms with Crippen molar-refractivity contribution in [3.8, 4) is 0 Å². The molecule has 0 saturated carbocycles. The van der Waals surface area contributed by atoms with Gasteiger partial charge in [0.1, 0.15) is 22.5 Å². The lowest BCUT2D eigenvalue weighted by atomic mass is 10.1. The van der Waals surface area contributed by atoms with E-state index in [1.54, 1.807) is 4.90 Å². The van der Waals surface area contributed by atoms with Crippen molar-refractivity contribution < 1.29 is 22.7 Å². The number of amides is 2. The minimum absolute atomic E-state index is 0.0171. The summed E-state index contributed by atoms with van der Waals surface area (Å²) in [6.07, 6.45) is 1.05. The molecule has 7 nitrogen and oxygen atoms in total. The van der Waals surface area contributed by atoms with E-state index < -0.39 is 22.0 Å². The molecule has 1 atom stereocenters. The third-order valence-electron chi connectivity index (χ3n) is 4.73. The molecule has 1 unspecified atom stereocenters. The SMILES string of the molecule is CS(=O)(=O)CCC(NC(=O)OCc1ccccc1)C(=O)N1CCc2ccccc21. The van der Waals surface area contributed by atoms with Gasteiger partial charge in [-0.25, -0.2) is 13.2 Å². The fourth-order valence-electron chi connectivity index (χ4n) is 3.25. The average Bonchev–Trinajstić information content (AvgIpc) is 3.13. The van der Waals surface area contributed by atoms with E-state index in [2.05, 4.69) is 5.32 Å². The number of rotatable bonds is 7. The largest absolute Gasteiger partial charge is 0.445 e. The maximum absolute atomic E-state index is 13.1. The minimum atomic E-state index is -3.29. The highest BCUT2D eigenvalue weighted by Crippen LogP contribution is 2.28. The molecular weight excluding hydrogens is 392 g/mol. The van der Waals surface area contributed by atoms with Gasteiger partial charge in [-0.1, -0.05) is 48.5 Å². The number of para-hydroxylation sites is 1. The molecule has 0 bridgehead atoms. The number of fused-ring (bicyclic) bond motifs is 1. The number of benzene rings is 2. The summed E-state index contributed by atoms with van der Waals surface area (Å²) in [6, 6.07) is 15.7. The third kappa shape index (κ3) is 5.80. The van der Waals surface area contributed by atoms with Crippen LogP contribution in [-0.4, -0.2) is 45.0 Å². The number of sulfone groups is 1. The third-order valence-corrected chi connectivity index (χ3v) is 5.71. The van der Waals surface area contributed by atoms with Crippen molar-refractivity contribution in [3.63, 3.8) is 0 Å². The first-order chi connectivity index (χ1) is 13.8. The highest BCUT2D eigenvalue weighted by Gasteiger charge is 2.31. The van der Waals surface area contributed by atoms with Crippen LogP contribution in [0.2, 0.25) is 0 Å². The van der Waals surface area contributed by atoms with E-state index in [1.807, 2.05) is 54.6 Å². The molecule has 0 saturated heterocycles. The number of anilines is 1. The Morgan fingerprint density at radius 1 is 1.10 bits per heavy atom. The lowest BCUT2D eigenvalue weighted by molar-refractivity contribution is -0.120. The van der Waals surface area contributed by atoms with Crippen LogP contribution in [0, 0.1) is 0 Å². The molecule has 2 aromatic rings. The topological polar surface area (TPSA) is 92.8 Å². The first-order valence-corrected chi connectivity index (χ1v) is 11.4. The van der Waals surface area contributed by atoms with Crippen LogP contribution in [0.25, 0.3) is 0 Å². The first-order valence-electron chi connectivity index (χ1n) is 9.38. The van der Waals surface area contributed by atoms with Crippen molar-refractivity contribution >= 4 is 27.5 Å². The summed E-state index contributed by atoms with van der Waals surface area (Å²) >= 11 is 0. The Morgan fingerprint density at radius 2 is 1.79 bits per heavy atom. The molecule has 0 radical (unpaired) electrons. The van der Waals surface area contributed by atoms with Crippen LogP contribution in [0.3, 0.4) is 0 Å². The van der Waals surface area contributed by atoms with Crippen LogP contribution < -0.4 is 10.2 Å². The minimum Gasteiger partial charge on any atom is -0.445 e. The van der Waals surface area contributed by atoms with Crippen LogP contribution in [0.5, 0.6) is 0 Å². The summed E-state index contributed by atoms with van der Waals surface area (Å²) in [5, 5.41) is 2.55. The second-order valence-electron chi connectivity index (χ2n) is 7.05. The molecule has 1 N–H and O–H groups in total. The molecule has 0 aliphatic carbocycles.